The Morgan fingerprint density at radius 1 is 1.16 bits per heavy atom. The molecule has 0 spiro atoms. The van der Waals surface area contributed by atoms with Gasteiger partial charge in [-0.15, -0.1) is 0 Å². The molecule has 1 aliphatic heterocycles. The third kappa shape index (κ3) is 3.90. The van der Waals surface area contributed by atoms with Gasteiger partial charge in [-0.1, -0.05) is 53.5 Å². The number of rotatable bonds is 6. The lowest BCUT2D eigenvalue weighted by Crippen LogP contribution is -2.29. The van der Waals surface area contributed by atoms with Crippen LogP contribution in [0.25, 0.3) is 0 Å². The van der Waals surface area contributed by atoms with E-state index in [1.165, 1.54) is 25.7 Å². The standard InChI is InChI=1S/C19H24N4O2/c1-23(13-18-20-19(25-22-18)15-9-5-6-10-15)12-16-11-17(21-24-16)14-7-3-2-4-8-14/h2-4,7-8,15-16H,5-6,9-13H2,1H3. The summed E-state index contributed by atoms with van der Waals surface area (Å²) in [5.41, 5.74) is 2.15. The zero-order valence-electron chi connectivity index (χ0n) is 14.6. The van der Waals surface area contributed by atoms with Crippen LogP contribution in [0.2, 0.25) is 0 Å². The highest BCUT2D eigenvalue weighted by molar-refractivity contribution is 6.01. The Hall–Kier alpha value is -2.21. The topological polar surface area (TPSA) is 63.8 Å². The molecule has 132 valence electrons. The van der Waals surface area contributed by atoms with Gasteiger partial charge in [0.25, 0.3) is 0 Å². The van der Waals surface area contributed by atoms with E-state index in [4.69, 9.17) is 9.36 Å². The number of aromatic nitrogens is 2. The van der Waals surface area contributed by atoms with Crippen molar-refractivity contribution in [1.82, 2.24) is 15.0 Å². The lowest BCUT2D eigenvalue weighted by atomic mass is 10.1. The third-order valence-electron chi connectivity index (χ3n) is 4.95. The van der Waals surface area contributed by atoms with Crippen molar-refractivity contribution in [2.75, 3.05) is 13.6 Å². The van der Waals surface area contributed by atoms with Gasteiger partial charge in [-0.2, -0.15) is 4.98 Å². The maximum atomic E-state index is 5.60. The van der Waals surface area contributed by atoms with E-state index >= 15 is 0 Å². The minimum absolute atomic E-state index is 0.0707. The maximum Gasteiger partial charge on any atom is 0.229 e. The van der Waals surface area contributed by atoms with Gasteiger partial charge in [0.05, 0.1) is 12.3 Å². The molecule has 0 N–H and O–H groups in total. The van der Waals surface area contributed by atoms with E-state index in [2.05, 4.69) is 39.4 Å². The number of hydrogen-bond donors (Lipinski definition) is 0. The van der Waals surface area contributed by atoms with E-state index in [0.29, 0.717) is 12.5 Å². The highest BCUT2D eigenvalue weighted by atomic mass is 16.6. The minimum atomic E-state index is 0.0707. The normalized spacial score (nSPS) is 20.9. The Bertz CT molecular complexity index is 722. The fraction of sp³-hybridized carbons (Fsp3) is 0.526. The second kappa shape index (κ2) is 7.35. The SMILES string of the molecule is CN(Cc1noc(C2CCCC2)n1)CC1CC(c2ccccc2)=NO1. The second-order valence-electron chi connectivity index (χ2n) is 7.06. The van der Waals surface area contributed by atoms with Crippen LogP contribution in [0, 0.1) is 0 Å². The predicted molar refractivity (Wildman–Crippen MR) is 94.3 cm³/mol. The van der Waals surface area contributed by atoms with Crippen molar-refractivity contribution in [2.45, 2.75) is 50.7 Å². The second-order valence-corrected chi connectivity index (χ2v) is 7.06. The Balaban J connectivity index is 1.28. The van der Waals surface area contributed by atoms with Crippen molar-refractivity contribution < 1.29 is 9.36 Å². The molecule has 6 heteroatoms. The fourth-order valence-corrected chi connectivity index (χ4v) is 3.65. The summed E-state index contributed by atoms with van der Waals surface area (Å²) in [7, 11) is 2.05. The molecule has 1 fully saturated rings. The molecule has 0 radical (unpaired) electrons. The first kappa shape index (κ1) is 16.3. The van der Waals surface area contributed by atoms with Gasteiger partial charge in [0, 0.05) is 18.9 Å². The first-order valence-corrected chi connectivity index (χ1v) is 9.07. The highest BCUT2D eigenvalue weighted by Crippen LogP contribution is 2.32. The summed E-state index contributed by atoms with van der Waals surface area (Å²) >= 11 is 0. The van der Waals surface area contributed by atoms with Gasteiger partial charge in [-0.25, -0.2) is 0 Å². The fourth-order valence-electron chi connectivity index (χ4n) is 3.65. The van der Waals surface area contributed by atoms with Crippen LogP contribution in [0.1, 0.15) is 55.3 Å². The van der Waals surface area contributed by atoms with E-state index in [1.807, 2.05) is 18.2 Å². The van der Waals surface area contributed by atoms with Crippen molar-refractivity contribution in [2.24, 2.45) is 5.16 Å². The lowest BCUT2D eigenvalue weighted by Gasteiger charge is -2.17. The summed E-state index contributed by atoms with van der Waals surface area (Å²) in [6.07, 6.45) is 5.78. The van der Waals surface area contributed by atoms with Gasteiger partial charge < -0.3 is 9.36 Å². The van der Waals surface area contributed by atoms with Crippen LogP contribution < -0.4 is 0 Å². The van der Waals surface area contributed by atoms with E-state index in [9.17, 15) is 0 Å². The zero-order valence-corrected chi connectivity index (χ0v) is 14.6. The van der Waals surface area contributed by atoms with E-state index < -0.39 is 0 Å². The van der Waals surface area contributed by atoms with Gasteiger partial charge in [-0.3, -0.25) is 4.90 Å². The Morgan fingerprint density at radius 3 is 2.76 bits per heavy atom. The molecule has 0 bridgehead atoms. The van der Waals surface area contributed by atoms with Gasteiger partial charge in [0.1, 0.15) is 6.10 Å². The number of benzene rings is 1. The molecule has 0 saturated heterocycles. The summed E-state index contributed by atoms with van der Waals surface area (Å²) in [5.74, 6) is 2.03. The molecule has 4 rings (SSSR count). The summed E-state index contributed by atoms with van der Waals surface area (Å²) in [4.78, 5) is 12.3. The summed E-state index contributed by atoms with van der Waals surface area (Å²) in [6.45, 7) is 1.45. The molecule has 2 aromatic rings. The molecule has 1 unspecified atom stereocenters. The molecule has 1 aromatic carbocycles. The lowest BCUT2D eigenvalue weighted by molar-refractivity contribution is 0.0569. The number of hydrogen-bond acceptors (Lipinski definition) is 6. The molecule has 2 heterocycles. The zero-order chi connectivity index (χ0) is 17.1. The number of oxime groups is 1. The molecular weight excluding hydrogens is 316 g/mol. The first-order valence-electron chi connectivity index (χ1n) is 9.07. The van der Waals surface area contributed by atoms with Gasteiger partial charge in [0.2, 0.25) is 5.89 Å². The molecule has 0 amide bonds. The van der Waals surface area contributed by atoms with Crippen LogP contribution in [-0.4, -0.2) is 40.4 Å². The Morgan fingerprint density at radius 2 is 1.96 bits per heavy atom. The smallest absolute Gasteiger partial charge is 0.229 e. The van der Waals surface area contributed by atoms with Crippen molar-refractivity contribution in [1.29, 1.82) is 0 Å². The third-order valence-corrected chi connectivity index (χ3v) is 4.95. The van der Waals surface area contributed by atoms with Crippen LogP contribution in [-0.2, 0) is 11.4 Å². The average Bonchev–Trinajstić information content (AvgIpc) is 3.37. The van der Waals surface area contributed by atoms with E-state index in [1.54, 1.807) is 0 Å². The van der Waals surface area contributed by atoms with Crippen LogP contribution in [0.5, 0.6) is 0 Å². The Kier molecular flexibility index (Phi) is 4.78. The van der Waals surface area contributed by atoms with Gasteiger partial charge in [-0.05, 0) is 25.5 Å². The molecule has 2 aliphatic rings. The molecule has 1 saturated carbocycles. The van der Waals surface area contributed by atoms with Crippen molar-refractivity contribution >= 4 is 5.71 Å². The molecule has 1 aromatic heterocycles. The van der Waals surface area contributed by atoms with Crippen molar-refractivity contribution in [3.05, 3.63) is 47.6 Å². The van der Waals surface area contributed by atoms with Crippen LogP contribution in [0.15, 0.2) is 40.0 Å². The number of likely N-dealkylation sites (N-methyl/N-ethyl adjacent to an activating group) is 1. The minimum Gasteiger partial charge on any atom is -0.390 e. The van der Waals surface area contributed by atoms with Crippen LogP contribution in [0.4, 0.5) is 0 Å². The van der Waals surface area contributed by atoms with Crippen LogP contribution in [0.3, 0.4) is 0 Å². The monoisotopic (exact) mass is 340 g/mol. The van der Waals surface area contributed by atoms with Gasteiger partial charge in [0.15, 0.2) is 5.82 Å². The predicted octanol–water partition coefficient (Wildman–Crippen LogP) is 3.35. The number of nitrogens with zero attached hydrogens (tertiary/aromatic N) is 4. The average molecular weight is 340 g/mol. The van der Waals surface area contributed by atoms with Crippen LogP contribution >= 0.6 is 0 Å². The summed E-state index contributed by atoms with van der Waals surface area (Å²) in [6, 6.07) is 10.2. The van der Waals surface area contributed by atoms with Crippen molar-refractivity contribution in [3.63, 3.8) is 0 Å². The largest absolute Gasteiger partial charge is 0.390 e. The van der Waals surface area contributed by atoms with E-state index in [0.717, 1.165) is 36.0 Å². The molecule has 1 aliphatic carbocycles. The van der Waals surface area contributed by atoms with Gasteiger partial charge >= 0.3 is 0 Å². The molecular formula is C19H24N4O2. The molecule has 25 heavy (non-hydrogen) atoms. The maximum absolute atomic E-state index is 5.60. The summed E-state index contributed by atoms with van der Waals surface area (Å²) < 4.78 is 5.45. The molecule has 1 atom stereocenters. The Labute approximate surface area is 147 Å². The summed E-state index contributed by atoms with van der Waals surface area (Å²) in [5, 5.41) is 8.38. The van der Waals surface area contributed by atoms with E-state index in [-0.39, 0.29) is 6.10 Å². The highest BCUT2D eigenvalue weighted by Gasteiger charge is 2.25. The quantitative estimate of drug-likeness (QED) is 0.807. The van der Waals surface area contributed by atoms with Crippen molar-refractivity contribution in [3.8, 4) is 0 Å². The first-order chi connectivity index (χ1) is 12.3. The molecule has 6 nitrogen and oxygen atoms in total.